The maximum absolute atomic E-state index is 14.8. The van der Waals surface area contributed by atoms with Crippen molar-refractivity contribution in [2.45, 2.75) is 147 Å². The highest BCUT2D eigenvalue weighted by Crippen LogP contribution is 2.62. The Labute approximate surface area is 420 Å². The predicted octanol–water partition coefficient (Wildman–Crippen LogP) is 9.91. The molecule has 394 valence electrons. The molecule has 2 aromatic rings. The summed E-state index contributed by atoms with van der Waals surface area (Å²) in [7, 11) is 0. The zero-order valence-corrected chi connectivity index (χ0v) is 42.1. The number of nitro benzene ring substituents is 1. The Hall–Kier alpha value is -5.07. The smallest absolute Gasteiger partial charge is 0.412 e. The molecule has 1 saturated carbocycles. The van der Waals surface area contributed by atoms with E-state index in [0.717, 1.165) is 43.2 Å². The number of ether oxygens (including phenoxy) is 5. The van der Waals surface area contributed by atoms with Crippen LogP contribution in [0.15, 0.2) is 71.9 Å². The number of nitro groups is 1. The Morgan fingerprint density at radius 2 is 1.61 bits per heavy atom. The summed E-state index contributed by atoms with van der Waals surface area (Å²) < 4.78 is 32.1. The molecule has 1 fully saturated rings. The summed E-state index contributed by atoms with van der Waals surface area (Å²) in [4.78, 5) is 46.4. The second-order valence-electron chi connectivity index (χ2n) is 18.7. The third-order valence-electron chi connectivity index (χ3n) is 13.8. The van der Waals surface area contributed by atoms with Crippen LogP contribution in [0.1, 0.15) is 140 Å². The summed E-state index contributed by atoms with van der Waals surface area (Å²) in [6, 6.07) is 10.4. The third kappa shape index (κ3) is 16.2. The van der Waals surface area contributed by atoms with Crippen LogP contribution in [-0.2, 0) is 25.7 Å². The molecule has 5 rings (SSSR count). The van der Waals surface area contributed by atoms with Crippen LogP contribution in [0.4, 0.5) is 15.3 Å². The van der Waals surface area contributed by atoms with Crippen molar-refractivity contribution in [1.82, 2.24) is 10.2 Å². The Balaban J connectivity index is 1.63. The van der Waals surface area contributed by atoms with Crippen molar-refractivity contribution in [3.8, 4) is 11.5 Å². The molecule has 71 heavy (non-hydrogen) atoms. The van der Waals surface area contributed by atoms with Crippen LogP contribution in [0.25, 0.3) is 0 Å². The fourth-order valence-corrected chi connectivity index (χ4v) is 10.4. The molecule has 0 bridgehead atoms. The maximum Gasteiger partial charge on any atom is 0.412 e. The van der Waals surface area contributed by atoms with E-state index in [9.17, 15) is 35.0 Å². The molecule has 2 aromatic carbocycles. The minimum atomic E-state index is -1.59. The minimum absolute atomic E-state index is 0.00513. The van der Waals surface area contributed by atoms with Gasteiger partial charge in [0.1, 0.15) is 24.1 Å². The number of fused-ring (bicyclic) bond motifs is 2. The molecule has 4 N–H and O–H groups in total. The number of unbranched alkanes of at least 4 members (excludes halogenated alkanes) is 11. The number of allylic oxidation sites excluding steroid dienone is 1. The molecular weight excluding hydrogens is 913 g/mol. The molecule has 17 nitrogen and oxygen atoms in total. The summed E-state index contributed by atoms with van der Waals surface area (Å²) in [6.45, 7) is 8.68. The van der Waals surface area contributed by atoms with Crippen LogP contribution < -0.4 is 14.8 Å². The lowest BCUT2D eigenvalue weighted by Crippen LogP contribution is -2.70. The third-order valence-corrected chi connectivity index (χ3v) is 13.8. The summed E-state index contributed by atoms with van der Waals surface area (Å²) in [5.41, 5.74) is 2.71. The van der Waals surface area contributed by atoms with E-state index in [4.69, 9.17) is 33.7 Å². The zero-order chi connectivity index (χ0) is 50.9. The number of non-ortho nitro benzene ring substituents is 1. The van der Waals surface area contributed by atoms with E-state index < -0.39 is 40.8 Å². The molecule has 1 aliphatic heterocycles. The average molecular weight is 993 g/mol. The highest BCUT2D eigenvalue weighted by atomic mass is 16.7. The number of oxime groups is 1. The Bertz CT molecular complexity index is 2010. The van der Waals surface area contributed by atoms with Crippen molar-refractivity contribution in [3.63, 3.8) is 0 Å². The lowest BCUT2D eigenvalue weighted by atomic mass is 9.55. The first-order valence-corrected chi connectivity index (χ1v) is 26.2. The van der Waals surface area contributed by atoms with Gasteiger partial charge in [-0.15, -0.1) is 6.58 Å². The molecule has 17 heteroatoms. The number of hydrogen-bond donors (Lipinski definition) is 4. The SMILES string of the molecule is C=CCOC12Oc3ccc(OC(=O)NCC)cc3C3C(CCCCO)C(CCCCO)C=C(C(=NOCc4ccc([N+](=O)[O-])cc4)CC1N(CCOCCO)C(=O)OCCCCCCCCCCCC)C32. The van der Waals surface area contributed by atoms with Gasteiger partial charge in [0.15, 0.2) is 0 Å². The standard InChI is InChI=1S/C54H80N4O13/c1-4-7-8-9-10-11-12-13-14-19-33-67-53(63)57(28-34-66-35-31-61)49-38-47(56-69-39-40-22-24-42(25-23-40)58(64)65)45-36-41(20-15-17-29-59)44(21-16-18-30-60)50-46-37-43(70-52(62)55-6-3)26-27-48(46)71-54(49,51(45)50)68-32-5-2/h5,22-27,36-37,41,44,49-51,59-61H,2,4,6-21,28-35,38-39H2,1,3H3,(H,55,62). The first-order valence-electron chi connectivity index (χ1n) is 26.2. The van der Waals surface area contributed by atoms with Gasteiger partial charge in [0.25, 0.3) is 5.69 Å². The summed E-state index contributed by atoms with van der Waals surface area (Å²) in [5.74, 6) is -1.99. The van der Waals surface area contributed by atoms with Crippen LogP contribution in [-0.4, -0.2) is 114 Å². The number of nitrogens with zero attached hydrogens (tertiary/aromatic N) is 3. The Morgan fingerprint density at radius 3 is 2.27 bits per heavy atom. The molecule has 0 spiro atoms. The van der Waals surface area contributed by atoms with Crippen molar-refractivity contribution in [2.24, 2.45) is 22.9 Å². The van der Waals surface area contributed by atoms with Gasteiger partial charge in [-0.05, 0) is 92.3 Å². The van der Waals surface area contributed by atoms with Gasteiger partial charge in [0.05, 0.1) is 49.6 Å². The Morgan fingerprint density at radius 1 is 0.901 bits per heavy atom. The maximum atomic E-state index is 14.8. The number of amides is 2. The first-order chi connectivity index (χ1) is 34.7. The zero-order valence-electron chi connectivity index (χ0n) is 42.1. The predicted molar refractivity (Wildman–Crippen MR) is 270 cm³/mol. The fraction of sp³-hybridized carbons (Fsp3) is 0.648. The van der Waals surface area contributed by atoms with Gasteiger partial charge in [-0.25, -0.2) is 9.59 Å². The van der Waals surface area contributed by atoms with Crippen LogP contribution in [0.2, 0.25) is 0 Å². The molecule has 6 unspecified atom stereocenters. The minimum Gasteiger partial charge on any atom is -0.459 e. The normalized spacial score (nSPS) is 21.6. The lowest BCUT2D eigenvalue weighted by Gasteiger charge is -2.59. The largest absolute Gasteiger partial charge is 0.459 e. The van der Waals surface area contributed by atoms with Crippen LogP contribution in [0, 0.1) is 27.9 Å². The average Bonchev–Trinajstić information content (AvgIpc) is 3.36. The topological polar surface area (TPSA) is 221 Å². The van der Waals surface area contributed by atoms with E-state index >= 15 is 0 Å². The van der Waals surface area contributed by atoms with Crippen LogP contribution in [0.3, 0.4) is 0 Å². The fourth-order valence-electron chi connectivity index (χ4n) is 10.4. The van der Waals surface area contributed by atoms with E-state index in [2.05, 4.69) is 24.9 Å². The highest BCUT2D eigenvalue weighted by Gasteiger charge is 2.65. The summed E-state index contributed by atoms with van der Waals surface area (Å²) >= 11 is 0. The van der Waals surface area contributed by atoms with Gasteiger partial charge in [0.2, 0.25) is 5.79 Å². The van der Waals surface area contributed by atoms with Gasteiger partial charge < -0.3 is 49.2 Å². The number of aliphatic hydroxyl groups is 3. The number of rotatable bonds is 34. The molecular formula is C54H80N4O13. The number of carbonyl (C=O) groups is 2. The van der Waals surface area contributed by atoms with E-state index in [1.54, 1.807) is 42.2 Å². The molecule has 3 aliphatic rings. The van der Waals surface area contributed by atoms with Crippen molar-refractivity contribution < 1.29 is 58.4 Å². The second kappa shape index (κ2) is 30.7. The van der Waals surface area contributed by atoms with Crippen LogP contribution >= 0.6 is 0 Å². The van der Waals surface area contributed by atoms with Gasteiger partial charge in [-0.2, -0.15) is 0 Å². The van der Waals surface area contributed by atoms with Gasteiger partial charge in [-0.3, -0.25) is 15.0 Å². The molecule has 2 aliphatic carbocycles. The quantitative estimate of drug-likeness (QED) is 0.0222. The molecule has 6 atom stereocenters. The molecule has 2 amide bonds. The molecule has 0 aromatic heterocycles. The van der Waals surface area contributed by atoms with Gasteiger partial charge in [-0.1, -0.05) is 94.9 Å². The molecule has 0 radical (unpaired) electrons. The lowest BCUT2D eigenvalue weighted by molar-refractivity contribution is -0.384. The van der Waals surface area contributed by atoms with E-state index in [1.807, 2.05) is 6.07 Å². The first kappa shape index (κ1) is 56.8. The van der Waals surface area contributed by atoms with Crippen molar-refractivity contribution in [3.05, 3.63) is 88.0 Å². The summed E-state index contributed by atoms with van der Waals surface area (Å²) in [6.07, 6.45) is 18.1. The van der Waals surface area contributed by atoms with Crippen molar-refractivity contribution in [1.29, 1.82) is 0 Å². The number of hydrogen-bond acceptors (Lipinski definition) is 14. The number of aliphatic hydroxyl groups excluding tert-OH is 3. The number of benzene rings is 2. The second-order valence-corrected chi connectivity index (χ2v) is 18.7. The van der Waals surface area contributed by atoms with Gasteiger partial charge >= 0.3 is 12.2 Å². The Kier molecular flexibility index (Phi) is 24.6. The molecule has 1 heterocycles. The van der Waals surface area contributed by atoms with Crippen molar-refractivity contribution >= 4 is 23.6 Å². The monoisotopic (exact) mass is 993 g/mol. The van der Waals surface area contributed by atoms with E-state index in [-0.39, 0.29) is 83.3 Å². The number of nitrogens with one attached hydrogen (secondary N) is 1. The highest BCUT2D eigenvalue weighted by molar-refractivity contribution is 6.03. The number of carbonyl (C=O) groups excluding carboxylic acids is 2. The van der Waals surface area contributed by atoms with Crippen LogP contribution in [0.5, 0.6) is 11.5 Å². The van der Waals surface area contributed by atoms with Gasteiger partial charge in [0, 0.05) is 56.3 Å². The summed E-state index contributed by atoms with van der Waals surface area (Å²) in [5, 5.41) is 48.6. The molecule has 0 saturated heterocycles. The van der Waals surface area contributed by atoms with Crippen molar-refractivity contribution in [2.75, 3.05) is 59.3 Å². The van der Waals surface area contributed by atoms with E-state index in [1.165, 1.54) is 50.7 Å². The van der Waals surface area contributed by atoms with E-state index in [0.29, 0.717) is 61.4 Å².